The Bertz CT molecular complexity index is 1770. The number of aliphatic hydroxyl groups excluding tert-OH is 2. The minimum Gasteiger partial charge on any atom is -0.477 e. The van der Waals surface area contributed by atoms with Crippen LogP contribution in [0.2, 0.25) is 0 Å². The Balaban J connectivity index is 1.65. The van der Waals surface area contributed by atoms with E-state index in [1.807, 2.05) is 13.8 Å². The second-order valence-electron chi connectivity index (χ2n) is 19.5. The number of ketones is 2. The summed E-state index contributed by atoms with van der Waals surface area (Å²) in [7, 11) is 0. The zero-order chi connectivity index (χ0) is 51.3. The van der Waals surface area contributed by atoms with Crippen molar-refractivity contribution in [3.05, 3.63) is 57.7 Å². The molecule has 2 aliphatic heterocycles. The summed E-state index contributed by atoms with van der Waals surface area (Å²) in [5.74, 6) is -0.254. The summed E-state index contributed by atoms with van der Waals surface area (Å²) in [6.45, 7) is 11.9. The van der Waals surface area contributed by atoms with Crippen LogP contribution in [0.4, 0.5) is 9.59 Å². The smallest absolute Gasteiger partial charge is 0.407 e. The third-order valence-electron chi connectivity index (χ3n) is 13.8. The van der Waals surface area contributed by atoms with Gasteiger partial charge in [-0.15, -0.1) is 0 Å². The normalized spacial score (nSPS) is 17.1. The first-order chi connectivity index (χ1) is 33.7. The molecule has 394 valence electrons. The van der Waals surface area contributed by atoms with Crippen LogP contribution in [0.15, 0.2) is 34.3 Å². The van der Waals surface area contributed by atoms with Gasteiger partial charge in [-0.05, 0) is 120 Å². The number of unbranched alkanes of at least 4 members (excludes halogenated alkanes) is 16. The van der Waals surface area contributed by atoms with Crippen molar-refractivity contribution in [1.82, 2.24) is 0 Å². The molecule has 4 atom stereocenters. The third-order valence-corrected chi connectivity index (χ3v) is 13.8. The maximum absolute atomic E-state index is 13.6. The fourth-order valence-corrected chi connectivity index (χ4v) is 9.40. The number of carbonyl (C=O) groups is 4. The summed E-state index contributed by atoms with van der Waals surface area (Å²) in [5.41, 5.74) is 14.5. The molecule has 6 N–H and O–H groups in total. The Labute approximate surface area is 419 Å². The zero-order valence-corrected chi connectivity index (χ0v) is 43.8. The SMILES string of the molecule is CCCCCCC(O)C/C=C\CCCCCCCC(=O)C1COC(C(C2=NC(C(=O)CCCCCCC/C=C\CC(O)CCCCCC)CO2)c2c(C)c(C)c(C(OC(N)=O)OC(N)=O)c(C)c2C)=N1. The average molecular weight is 979 g/mol. The van der Waals surface area contributed by atoms with Gasteiger partial charge in [0.1, 0.15) is 31.2 Å². The maximum Gasteiger partial charge on any atom is 0.407 e. The van der Waals surface area contributed by atoms with Crippen LogP contribution in [-0.4, -0.2) is 83.3 Å². The van der Waals surface area contributed by atoms with E-state index < -0.39 is 36.5 Å². The Hall–Kier alpha value is -4.56. The molecule has 0 fully saturated rings. The second kappa shape index (κ2) is 33.9. The Morgan fingerprint density at radius 3 is 1.33 bits per heavy atom. The van der Waals surface area contributed by atoms with Crippen molar-refractivity contribution in [2.24, 2.45) is 21.5 Å². The summed E-state index contributed by atoms with van der Waals surface area (Å²) in [5, 5.41) is 20.4. The van der Waals surface area contributed by atoms with Gasteiger partial charge in [0.2, 0.25) is 11.8 Å². The van der Waals surface area contributed by atoms with Crippen LogP contribution in [0.25, 0.3) is 0 Å². The molecule has 1 aromatic rings. The number of rotatable bonds is 38. The lowest BCUT2D eigenvalue weighted by Gasteiger charge is -2.28. The van der Waals surface area contributed by atoms with E-state index in [9.17, 15) is 29.4 Å². The van der Waals surface area contributed by atoms with Crippen LogP contribution < -0.4 is 11.5 Å². The first kappa shape index (κ1) is 59.7. The maximum atomic E-state index is 13.6. The summed E-state index contributed by atoms with van der Waals surface area (Å²) in [4.78, 5) is 60.7. The number of amides is 2. The van der Waals surface area contributed by atoms with Crippen molar-refractivity contribution >= 4 is 35.5 Å². The molecule has 0 saturated heterocycles. The summed E-state index contributed by atoms with van der Waals surface area (Å²) >= 11 is 0. The molecule has 0 aromatic heterocycles. The van der Waals surface area contributed by atoms with Gasteiger partial charge in [-0.2, -0.15) is 0 Å². The molecule has 1 aromatic carbocycles. The predicted octanol–water partition coefficient (Wildman–Crippen LogP) is 11.9. The van der Waals surface area contributed by atoms with Crippen LogP contribution in [0, 0.1) is 27.7 Å². The number of ether oxygens (including phenoxy) is 4. The van der Waals surface area contributed by atoms with Gasteiger partial charge in [0.05, 0.1) is 12.2 Å². The van der Waals surface area contributed by atoms with E-state index in [2.05, 4.69) is 38.2 Å². The molecule has 2 amide bonds. The molecule has 0 bridgehead atoms. The van der Waals surface area contributed by atoms with Gasteiger partial charge in [0, 0.05) is 18.4 Å². The molecule has 2 aliphatic rings. The van der Waals surface area contributed by atoms with Gasteiger partial charge in [0.15, 0.2) is 11.6 Å². The van der Waals surface area contributed by atoms with E-state index in [0.717, 1.165) is 108 Å². The highest BCUT2D eigenvalue weighted by Gasteiger charge is 2.41. The summed E-state index contributed by atoms with van der Waals surface area (Å²) < 4.78 is 22.9. The molecule has 0 aliphatic carbocycles. The van der Waals surface area contributed by atoms with Crippen molar-refractivity contribution in [3.63, 3.8) is 0 Å². The minimum atomic E-state index is -1.50. The van der Waals surface area contributed by atoms with Crippen LogP contribution in [0.1, 0.15) is 226 Å². The number of hydrogen-bond acceptors (Lipinski definition) is 12. The highest BCUT2D eigenvalue weighted by Crippen LogP contribution is 2.39. The Morgan fingerprint density at radius 2 is 0.929 bits per heavy atom. The van der Waals surface area contributed by atoms with Crippen molar-refractivity contribution in [2.45, 2.75) is 245 Å². The second-order valence-corrected chi connectivity index (χ2v) is 19.5. The quantitative estimate of drug-likeness (QED) is 0.0279. The van der Waals surface area contributed by atoms with Crippen molar-refractivity contribution < 1.29 is 48.3 Å². The van der Waals surface area contributed by atoms with Gasteiger partial charge < -0.3 is 40.6 Å². The number of aliphatic imine (C=N–C) groups is 2. The first-order valence-electron chi connectivity index (χ1n) is 26.8. The number of allylic oxidation sites excluding steroid dienone is 2. The molecule has 3 rings (SSSR count). The number of carbonyl (C=O) groups excluding carboxylic acids is 4. The van der Waals surface area contributed by atoms with Crippen LogP contribution in [-0.2, 0) is 28.5 Å². The van der Waals surface area contributed by atoms with E-state index in [1.165, 1.54) is 38.5 Å². The number of aliphatic hydroxyl groups is 2. The third kappa shape index (κ3) is 21.4. The molecule has 0 radical (unpaired) electrons. The number of hydrogen-bond donors (Lipinski definition) is 4. The number of nitrogens with two attached hydrogens (primary N) is 2. The Kier molecular flexibility index (Phi) is 29.0. The average Bonchev–Trinajstić information content (AvgIpc) is 4.02. The summed E-state index contributed by atoms with van der Waals surface area (Å²) in [6, 6.07) is -1.39. The van der Waals surface area contributed by atoms with Gasteiger partial charge in [0.25, 0.3) is 6.29 Å². The van der Waals surface area contributed by atoms with Gasteiger partial charge >= 0.3 is 12.2 Å². The molecular weight excluding hydrogens is 889 g/mol. The predicted molar refractivity (Wildman–Crippen MR) is 278 cm³/mol. The molecular formula is C56H90N4O10. The zero-order valence-electron chi connectivity index (χ0n) is 43.8. The number of primary amides is 2. The monoisotopic (exact) mass is 979 g/mol. The van der Waals surface area contributed by atoms with Crippen LogP contribution >= 0.6 is 0 Å². The topological polar surface area (TPSA) is 222 Å². The highest BCUT2D eigenvalue weighted by atomic mass is 16.7. The molecule has 14 nitrogen and oxygen atoms in total. The van der Waals surface area contributed by atoms with Crippen molar-refractivity contribution in [3.8, 4) is 0 Å². The number of nitrogens with zero attached hydrogens (tertiary/aromatic N) is 2. The molecule has 2 heterocycles. The molecule has 70 heavy (non-hydrogen) atoms. The van der Waals surface area contributed by atoms with E-state index in [-0.39, 0.29) is 48.8 Å². The van der Waals surface area contributed by atoms with Crippen molar-refractivity contribution in [2.75, 3.05) is 13.2 Å². The minimum absolute atomic E-state index is 0.00161. The van der Waals surface area contributed by atoms with E-state index in [1.54, 1.807) is 13.8 Å². The fraction of sp³-hybridized carbons (Fsp3) is 0.714. The van der Waals surface area contributed by atoms with Crippen LogP contribution in [0.5, 0.6) is 0 Å². The van der Waals surface area contributed by atoms with Gasteiger partial charge in [-0.3, -0.25) is 9.59 Å². The molecule has 0 spiro atoms. The van der Waals surface area contributed by atoms with Crippen LogP contribution in [0.3, 0.4) is 0 Å². The van der Waals surface area contributed by atoms with E-state index >= 15 is 0 Å². The summed E-state index contributed by atoms with van der Waals surface area (Å²) in [6.07, 6.45) is 29.3. The number of Topliss-reactive ketones (excluding diaryl/α,β-unsaturated/α-hetero) is 2. The lowest BCUT2D eigenvalue weighted by atomic mass is 9.82. The number of benzene rings is 1. The largest absolute Gasteiger partial charge is 0.477 e. The first-order valence-corrected chi connectivity index (χ1v) is 26.8. The molecule has 0 saturated carbocycles. The van der Waals surface area contributed by atoms with Crippen molar-refractivity contribution in [1.29, 1.82) is 0 Å². The van der Waals surface area contributed by atoms with Gasteiger partial charge in [-0.25, -0.2) is 19.6 Å². The Morgan fingerprint density at radius 1 is 0.557 bits per heavy atom. The standard InChI is InChI=1S/C56H90N4O10/c1-7-9-11-25-31-43(61)33-27-21-17-13-15-19-23-29-35-47(63)45-37-67-52(59-45)51(49-39(3)41(5)50(42(6)40(49)4)54(69-55(57)65)70-56(58)66)53-60-46(38-68-53)48(64)36-30-24-20-16-14-18-22-28-34-44(62)32-26-12-10-8-2/h21-22,27-28,43-46,51,54,61-62H,7-20,23-26,29-38H2,1-6H3,(H2,57,65)(H2,58,66)/b27-21-,28-22-. The lowest BCUT2D eigenvalue weighted by molar-refractivity contribution is -0.121. The molecule has 4 unspecified atom stereocenters. The molecule has 14 heteroatoms. The van der Waals surface area contributed by atoms with Gasteiger partial charge in [-0.1, -0.05) is 128 Å². The highest BCUT2D eigenvalue weighted by molar-refractivity contribution is 6.09. The van der Waals surface area contributed by atoms with E-state index in [4.69, 9.17) is 40.4 Å². The fourth-order valence-electron chi connectivity index (χ4n) is 9.40. The van der Waals surface area contributed by atoms with E-state index in [0.29, 0.717) is 53.5 Å². The lowest BCUT2D eigenvalue weighted by Crippen LogP contribution is -2.28.